The maximum Gasteiger partial charge on any atom is 0.330 e. The lowest BCUT2D eigenvalue weighted by Gasteiger charge is -2.26. The van der Waals surface area contributed by atoms with Crippen LogP contribution in [0.1, 0.15) is 108 Å². The molecule has 0 radical (unpaired) electrons. The second kappa shape index (κ2) is 35.8. The van der Waals surface area contributed by atoms with Gasteiger partial charge in [-0.05, 0) is 193 Å². The predicted octanol–water partition coefficient (Wildman–Crippen LogP) is 13.9. The SMILES string of the molecule is C=C.C=CC(=O)OCCCCCCOc1ccc(OOCC2CCC(C(=O)Oc3ccc(OOCC4CCC(C(=O)Oc5ccc(OCCCCCCOC(=O)C=C)cc5)CC4)c(/C=N/N(C=C)c4nc5ccccc5s4)c3)CC2)cc1. The Hall–Kier alpha value is -7.80. The van der Waals surface area contributed by atoms with Crippen molar-refractivity contribution >= 4 is 56.8 Å². The van der Waals surface area contributed by atoms with Crippen LogP contribution >= 0.6 is 11.3 Å². The third-order valence-corrected chi connectivity index (χ3v) is 14.8. The van der Waals surface area contributed by atoms with Gasteiger partial charge >= 0.3 is 23.9 Å². The molecule has 7 rings (SSSR count). The van der Waals surface area contributed by atoms with Gasteiger partial charge in [-0.1, -0.05) is 43.2 Å². The van der Waals surface area contributed by atoms with E-state index in [1.54, 1.807) is 72.0 Å². The van der Waals surface area contributed by atoms with E-state index >= 15 is 0 Å². The Balaban J connectivity index is 0.00000535. The highest BCUT2D eigenvalue weighted by Crippen LogP contribution is 2.34. The Morgan fingerprint density at radius 1 is 0.561 bits per heavy atom. The summed E-state index contributed by atoms with van der Waals surface area (Å²) < 4.78 is 34.4. The Morgan fingerprint density at radius 3 is 1.56 bits per heavy atom. The van der Waals surface area contributed by atoms with Crippen LogP contribution in [0.15, 0.2) is 147 Å². The minimum absolute atomic E-state index is 0.160. The first-order chi connectivity index (χ1) is 40.2. The van der Waals surface area contributed by atoms with E-state index in [4.69, 9.17) is 53.0 Å². The highest BCUT2D eigenvalue weighted by molar-refractivity contribution is 7.22. The number of benzene rings is 4. The summed E-state index contributed by atoms with van der Waals surface area (Å²) >= 11 is 1.48. The molecule has 2 saturated carbocycles. The summed E-state index contributed by atoms with van der Waals surface area (Å²) in [7, 11) is 0. The van der Waals surface area contributed by atoms with Crippen LogP contribution in [-0.4, -0.2) is 74.7 Å². The lowest BCUT2D eigenvalue weighted by atomic mass is 9.82. The number of carbonyl (C=O) groups is 4. The number of ether oxygens (including phenoxy) is 6. The summed E-state index contributed by atoms with van der Waals surface area (Å²) in [6, 6.07) is 27.3. The number of esters is 4. The third-order valence-electron chi connectivity index (χ3n) is 13.7. The normalized spacial score (nSPS) is 16.6. The maximum atomic E-state index is 13.6. The molecule has 0 amide bonds. The molecule has 4 aromatic carbocycles. The first kappa shape index (κ1) is 63.4. The number of aromatic nitrogens is 1. The van der Waals surface area contributed by atoms with Crippen LogP contribution in [0.4, 0.5) is 5.13 Å². The number of para-hydroxylation sites is 1. The number of hydrazone groups is 1. The van der Waals surface area contributed by atoms with E-state index in [9.17, 15) is 19.2 Å². The van der Waals surface area contributed by atoms with E-state index in [2.05, 4.69) is 38.0 Å². The molecule has 0 aliphatic heterocycles. The number of hydrogen-bond acceptors (Lipinski definition) is 18. The van der Waals surface area contributed by atoms with Crippen LogP contribution in [0.5, 0.6) is 34.5 Å². The van der Waals surface area contributed by atoms with Gasteiger partial charge in [-0.3, -0.25) is 9.59 Å². The first-order valence-corrected chi connectivity index (χ1v) is 29.0. The number of carbonyl (C=O) groups excluding carboxylic acids is 4. The molecule has 82 heavy (non-hydrogen) atoms. The van der Waals surface area contributed by atoms with Crippen molar-refractivity contribution in [2.75, 3.05) is 44.7 Å². The lowest BCUT2D eigenvalue weighted by Crippen LogP contribution is -2.27. The second-order valence-corrected chi connectivity index (χ2v) is 20.7. The van der Waals surface area contributed by atoms with Crippen molar-refractivity contribution < 1.29 is 67.1 Å². The fraction of sp³-hybridized carbons (Fsp3) is 0.406. The van der Waals surface area contributed by atoms with E-state index in [0.717, 1.165) is 99.1 Å². The smallest absolute Gasteiger partial charge is 0.330 e. The quantitative estimate of drug-likeness (QED) is 0.00552. The Bertz CT molecular complexity index is 2770. The van der Waals surface area contributed by atoms with Gasteiger partial charge in [-0.15, -0.1) is 13.2 Å². The average molecular weight is 1140 g/mol. The lowest BCUT2D eigenvalue weighted by molar-refractivity contribution is -0.218. The molecule has 1 aromatic heterocycles. The van der Waals surface area contributed by atoms with Crippen molar-refractivity contribution in [3.05, 3.63) is 148 Å². The summed E-state index contributed by atoms with van der Waals surface area (Å²) in [5.74, 6) is 1.70. The maximum absolute atomic E-state index is 13.6. The Kier molecular flexibility index (Phi) is 27.7. The van der Waals surface area contributed by atoms with Gasteiger partial charge < -0.3 is 38.2 Å². The van der Waals surface area contributed by atoms with Crippen molar-refractivity contribution in [3.63, 3.8) is 0 Å². The number of nitrogens with zero attached hydrogens (tertiary/aromatic N) is 3. The molecule has 2 aliphatic rings. The predicted molar refractivity (Wildman–Crippen MR) is 316 cm³/mol. The number of hydrogen-bond donors (Lipinski definition) is 0. The zero-order chi connectivity index (χ0) is 58.2. The number of unbranched alkanes of at least 4 members (excludes halogenated alkanes) is 6. The van der Waals surface area contributed by atoms with Gasteiger partial charge in [0, 0.05) is 23.9 Å². The zero-order valence-corrected chi connectivity index (χ0v) is 47.7. The molecule has 1 heterocycles. The summed E-state index contributed by atoms with van der Waals surface area (Å²) in [6.07, 6.45) is 18.4. The van der Waals surface area contributed by atoms with E-state index in [0.29, 0.717) is 105 Å². The number of fused-ring (bicyclic) bond motifs is 1. The Labute approximate surface area is 485 Å². The zero-order valence-electron chi connectivity index (χ0n) is 46.8. The molecule has 0 atom stereocenters. The standard InChI is InChI=1S/C62H73N3O14S.C2H4/c1-4-58(66)72-39-15-9-7-13-37-70-50-27-31-52(32-28-50)76-60(68)47-23-21-46(22-24-47)44-75-79-56-36-35-54(41-49(56)42-63-65(6-3)62-64-55-17-11-12-18-57(55)80-62)77-61(69)48-25-19-45(20-26-48)43-74-78-53-33-29-51(30-34-53)71-38-14-8-10-16-40-73-59(67)5-2;1-2/h4-6,11-12,17-18,27-36,41-42,45-48H,1-3,7-10,13-16,19-26,37-40,43-44H2;1-2H2/b63-42+;. The van der Waals surface area contributed by atoms with Crippen LogP contribution < -0.4 is 33.7 Å². The van der Waals surface area contributed by atoms with E-state index < -0.39 is 11.9 Å². The van der Waals surface area contributed by atoms with Crippen LogP contribution in [-0.2, 0) is 38.4 Å². The van der Waals surface area contributed by atoms with E-state index in [1.807, 2.05) is 36.4 Å². The molecule has 0 spiro atoms. The van der Waals surface area contributed by atoms with Crippen LogP contribution in [0.2, 0.25) is 0 Å². The summed E-state index contributed by atoms with van der Waals surface area (Å²) in [4.78, 5) is 76.7. The van der Waals surface area contributed by atoms with Crippen molar-refractivity contribution in [3.8, 4) is 34.5 Å². The molecule has 0 N–H and O–H groups in total. The monoisotopic (exact) mass is 1140 g/mol. The van der Waals surface area contributed by atoms with Gasteiger partial charge in [0.1, 0.15) is 23.0 Å². The molecule has 5 aromatic rings. The van der Waals surface area contributed by atoms with Crippen molar-refractivity contribution in [1.29, 1.82) is 0 Å². The number of rotatable bonds is 34. The van der Waals surface area contributed by atoms with E-state index in [1.165, 1.54) is 17.4 Å². The minimum atomic E-state index is -0.402. The first-order valence-electron chi connectivity index (χ1n) is 28.2. The second-order valence-electron chi connectivity index (χ2n) is 19.7. The average Bonchev–Trinajstić information content (AvgIpc) is 4.15. The topological polar surface area (TPSA) is 189 Å². The van der Waals surface area contributed by atoms with Crippen molar-refractivity contribution in [1.82, 2.24) is 4.98 Å². The minimum Gasteiger partial charge on any atom is -0.494 e. The molecule has 17 nitrogen and oxygen atoms in total. The molecule has 2 aliphatic carbocycles. The van der Waals surface area contributed by atoms with Gasteiger partial charge in [0.2, 0.25) is 5.13 Å². The van der Waals surface area contributed by atoms with Crippen molar-refractivity contribution in [2.45, 2.75) is 103 Å². The number of anilines is 1. The van der Waals surface area contributed by atoms with Gasteiger partial charge in [-0.25, -0.2) is 19.6 Å². The third kappa shape index (κ3) is 21.9. The van der Waals surface area contributed by atoms with Gasteiger partial charge in [-0.2, -0.15) is 14.9 Å². The van der Waals surface area contributed by atoms with Crippen LogP contribution in [0, 0.1) is 23.7 Å². The molecule has 438 valence electrons. The fourth-order valence-corrected chi connectivity index (χ4v) is 10.0. The van der Waals surface area contributed by atoms with E-state index in [-0.39, 0.29) is 35.6 Å². The molecule has 0 bridgehead atoms. The molecule has 0 saturated heterocycles. The molecular weight excluding hydrogens is 1070 g/mol. The molecule has 0 unspecified atom stereocenters. The highest BCUT2D eigenvalue weighted by Gasteiger charge is 2.30. The Morgan fingerprint density at radius 2 is 1.04 bits per heavy atom. The molecular formula is C64H77N3O14S. The summed E-state index contributed by atoms with van der Waals surface area (Å²) in [5, 5.41) is 6.88. The van der Waals surface area contributed by atoms with Gasteiger partial charge in [0.15, 0.2) is 11.5 Å². The highest BCUT2D eigenvalue weighted by atomic mass is 32.1. The van der Waals surface area contributed by atoms with Gasteiger partial charge in [0.25, 0.3) is 0 Å². The summed E-state index contributed by atoms with van der Waals surface area (Å²) in [6.45, 7) is 19.4. The van der Waals surface area contributed by atoms with Crippen molar-refractivity contribution in [2.24, 2.45) is 28.8 Å². The molecule has 18 heteroatoms. The summed E-state index contributed by atoms with van der Waals surface area (Å²) in [5.41, 5.74) is 1.35. The fourth-order valence-electron chi connectivity index (χ4n) is 9.10. The van der Waals surface area contributed by atoms with Gasteiger partial charge in [0.05, 0.1) is 67.9 Å². The molecule has 2 fully saturated rings. The largest absolute Gasteiger partial charge is 0.494 e. The number of thiazole rings is 1. The van der Waals surface area contributed by atoms with Crippen LogP contribution in [0.25, 0.3) is 10.2 Å². The van der Waals surface area contributed by atoms with Crippen LogP contribution in [0.3, 0.4) is 0 Å².